The summed E-state index contributed by atoms with van der Waals surface area (Å²) in [7, 11) is 0. The molecule has 5 nitrogen and oxygen atoms in total. The first-order chi connectivity index (χ1) is 12.7. The van der Waals surface area contributed by atoms with Gasteiger partial charge in [0.05, 0.1) is 5.92 Å². The summed E-state index contributed by atoms with van der Waals surface area (Å²) in [6, 6.07) is 14.1. The van der Waals surface area contributed by atoms with Crippen molar-refractivity contribution in [1.29, 1.82) is 0 Å². The van der Waals surface area contributed by atoms with Crippen LogP contribution in [0.4, 0.5) is 0 Å². The minimum atomic E-state index is -0.119. The number of amides is 2. The molecule has 26 heavy (non-hydrogen) atoms. The minimum Gasteiger partial charge on any atom is -0.352 e. The van der Waals surface area contributed by atoms with Crippen molar-refractivity contribution in [1.82, 2.24) is 15.2 Å². The van der Waals surface area contributed by atoms with E-state index in [0.717, 1.165) is 18.4 Å². The van der Waals surface area contributed by atoms with Gasteiger partial charge in [0.1, 0.15) is 0 Å². The largest absolute Gasteiger partial charge is 0.352 e. The van der Waals surface area contributed by atoms with Crippen molar-refractivity contribution in [3.8, 4) is 0 Å². The summed E-state index contributed by atoms with van der Waals surface area (Å²) >= 11 is 0. The highest BCUT2D eigenvalue weighted by Crippen LogP contribution is 2.19. The van der Waals surface area contributed by atoms with Gasteiger partial charge < -0.3 is 10.2 Å². The molecule has 136 valence electrons. The van der Waals surface area contributed by atoms with Gasteiger partial charge in [-0.05, 0) is 42.5 Å². The van der Waals surface area contributed by atoms with Crippen molar-refractivity contribution < 1.29 is 9.59 Å². The molecule has 0 saturated carbocycles. The fourth-order valence-electron chi connectivity index (χ4n) is 3.30. The van der Waals surface area contributed by atoms with Gasteiger partial charge in [0.2, 0.25) is 11.8 Å². The van der Waals surface area contributed by atoms with Gasteiger partial charge in [-0.25, -0.2) is 0 Å². The van der Waals surface area contributed by atoms with E-state index >= 15 is 0 Å². The van der Waals surface area contributed by atoms with E-state index in [4.69, 9.17) is 0 Å². The molecule has 1 aromatic carbocycles. The smallest absolute Gasteiger partial charge is 0.225 e. The van der Waals surface area contributed by atoms with Gasteiger partial charge >= 0.3 is 0 Å². The van der Waals surface area contributed by atoms with E-state index in [-0.39, 0.29) is 17.7 Å². The maximum atomic E-state index is 12.5. The molecule has 1 unspecified atom stereocenters. The highest BCUT2D eigenvalue weighted by atomic mass is 16.2. The molecule has 2 aromatic rings. The topological polar surface area (TPSA) is 62.3 Å². The number of nitrogens with one attached hydrogen (secondary N) is 1. The van der Waals surface area contributed by atoms with Crippen LogP contribution in [0.1, 0.15) is 30.4 Å². The van der Waals surface area contributed by atoms with Gasteiger partial charge in [-0.2, -0.15) is 0 Å². The zero-order chi connectivity index (χ0) is 18.2. The molecule has 0 radical (unpaired) electrons. The van der Waals surface area contributed by atoms with Gasteiger partial charge in [0.25, 0.3) is 0 Å². The Labute approximate surface area is 154 Å². The lowest BCUT2D eigenvalue weighted by molar-refractivity contribution is -0.138. The summed E-state index contributed by atoms with van der Waals surface area (Å²) in [4.78, 5) is 30.5. The van der Waals surface area contributed by atoms with E-state index in [2.05, 4.69) is 22.4 Å². The average Bonchev–Trinajstić information content (AvgIpc) is 2.69. The SMILES string of the molecule is O=C(NCc1ccncc1)C1CCC(=O)N(CCCc2ccccc2)C1. The predicted molar refractivity (Wildman–Crippen MR) is 100 cm³/mol. The zero-order valence-electron chi connectivity index (χ0n) is 14.9. The number of benzene rings is 1. The molecular formula is C21H25N3O2. The van der Waals surface area contributed by atoms with Crippen molar-refractivity contribution in [3.63, 3.8) is 0 Å². The van der Waals surface area contributed by atoms with E-state index in [1.807, 2.05) is 35.2 Å². The molecule has 1 aliphatic heterocycles. The summed E-state index contributed by atoms with van der Waals surface area (Å²) in [6.45, 7) is 1.73. The van der Waals surface area contributed by atoms with Crippen LogP contribution in [0.5, 0.6) is 0 Å². The molecule has 2 amide bonds. The number of piperidine rings is 1. The highest BCUT2D eigenvalue weighted by molar-refractivity contribution is 5.83. The number of hydrogen-bond acceptors (Lipinski definition) is 3. The summed E-state index contributed by atoms with van der Waals surface area (Å²) in [5.74, 6) is 0.0740. The fraction of sp³-hybridized carbons (Fsp3) is 0.381. The van der Waals surface area contributed by atoms with Crippen LogP contribution in [0.25, 0.3) is 0 Å². The highest BCUT2D eigenvalue weighted by Gasteiger charge is 2.29. The molecule has 1 atom stereocenters. The second kappa shape index (κ2) is 9.13. The summed E-state index contributed by atoms with van der Waals surface area (Å²) in [5.41, 5.74) is 2.31. The number of aryl methyl sites for hydroxylation is 1. The molecular weight excluding hydrogens is 326 g/mol. The first-order valence-electron chi connectivity index (χ1n) is 9.20. The molecule has 1 aromatic heterocycles. The molecule has 0 aliphatic carbocycles. The monoisotopic (exact) mass is 351 g/mol. The number of pyridine rings is 1. The summed E-state index contributed by atoms with van der Waals surface area (Å²) in [6.07, 6.45) is 6.39. The lowest BCUT2D eigenvalue weighted by atomic mass is 9.96. The van der Waals surface area contributed by atoms with Crippen LogP contribution in [0, 0.1) is 5.92 Å². The Balaban J connectivity index is 1.46. The lowest BCUT2D eigenvalue weighted by Gasteiger charge is -2.32. The Bertz CT molecular complexity index is 719. The van der Waals surface area contributed by atoms with Crippen LogP contribution in [-0.2, 0) is 22.6 Å². The quantitative estimate of drug-likeness (QED) is 0.834. The van der Waals surface area contributed by atoms with Crippen LogP contribution < -0.4 is 5.32 Å². The number of nitrogens with zero attached hydrogens (tertiary/aromatic N) is 2. The summed E-state index contributed by atoms with van der Waals surface area (Å²) in [5, 5.41) is 2.98. The normalized spacial score (nSPS) is 17.2. The molecule has 0 bridgehead atoms. The number of carbonyl (C=O) groups excluding carboxylic acids is 2. The maximum Gasteiger partial charge on any atom is 0.225 e. The molecule has 1 aliphatic rings. The molecule has 3 rings (SSSR count). The van der Waals surface area contributed by atoms with Crippen LogP contribution in [0.3, 0.4) is 0 Å². The van der Waals surface area contributed by atoms with E-state index in [1.54, 1.807) is 12.4 Å². The van der Waals surface area contributed by atoms with Crippen LogP contribution in [0.2, 0.25) is 0 Å². The van der Waals surface area contributed by atoms with Gasteiger partial charge in [-0.1, -0.05) is 30.3 Å². The second-order valence-electron chi connectivity index (χ2n) is 6.74. The molecule has 5 heteroatoms. The van der Waals surface area contributed by atoms with Crippen LogP contribution in [-0.4, -0.2) is 34.8 Å². The van der Waals surface area contributed by atoms with Crippen LogP contribution >= 0.6 is 0 Å². The van der Waals surface area contributed by atoms with Crippen molar-refractivity contribution in [2.24, 2.45) is 5.92 Å². The second-order valence-corrected chi connectivity index (χ2v) is 6.74. The molecule has 1 fully saturated rings. The Morgan fingerprint density at radius 2 is 1.88 bits per heavy atom. The number of rotatable bonds is 7. The number of aromatic nitrogens is 1. The third-order valence-electron chi connectivity index (χ3n) is 4.82. The zero-order valence-corrected chi connectivity index (χ0v) is 14.9. The van der Waals surface area contributed by atoms with E-state index in [1.165, 1.54) is 5.56 Å². The number of carbonyl (C=O) groups is 2. The fourth-order valence-corrected chi connectivity index (χ4v) is 3.30. The van der Waals surface area contributed by atoms with E-state index in [0.29, 0.717) is 32.5 Å². The number of hydrogen-bond donors (Lipinski definition) is 1. The summed E-state index contributed by atoms with van der Waals surface area (Å²) < 4.78 is 0. The van der Waals surface area contributed by atoms with E-state index in [9.17, 15) is 9.59 Å². The first kappa shape index (κ1) is 18.1. The maximum absolute atomic E-state index is 12.5. The third kappa shape index (κ3) is 5.15. The first-order valence-corrected chi connectivity index (χ1v) is 9.20. The molecule has 1 N–H and O–H groups in total. The lowest BCUT2D eigenvalue weighted by Crippen LogP contribution is -2.46. The standard InChI is InChI=1S/C21H25N3O2/c25-20-9-8-19(21(26)23-15-18-10-12-22-13-11-18)16-24(20)14-4-7-17-5-2-1-3-6-17/h1-3,5-6,10-13,19H,4,7-9,14-16H2,(H,23,26). The Morgan fingerprint density at radius 3 is 2.65 bits per heavy atom. The molecule has 0 spiro atoms. The van der Waals surface area contributed by atoms with Crippen molar-refractivity contribution >= 4 is 11.8 Å². The number of likely N-dealkylation sites (tertiary alicyclic amines) is 1. The molecule has 1 saturated heterocycles. The van der Waals surface area contributed by atoms with Crippen molar-refractivity contribution in [2.75, 3.05) is 13.1 Å². The van der Waals surface area contributed by atoms with Gasteiger partial charge in [-0.15, -0.1) is 0 Å². The molecule has 2 heterocycles. The Morgan fingerprint density at radius 1 is 1.12 bits per heavy atom. The van der Waals surface area contributed by atoms with Crippen molar-refractivity contribution in [3.05, 3.63) is 66.0 Å². The third-order valence-corrected chi connectivity index (χ3v) is 4.82. The van der Waals surface area contributed by atoms with Gasteiger partial charge in [-0.3, -0.25) is 14.6 Å². The predicted octanol–water partition coefficient (Wildman–Crippen LogP) is 2.57. The van der Waals surface area contributed by atoms with Gasteiger partial charge in [0.15, 0.2) is 0 Å². The van der Waals surface area contributed by atoms with Gasteiger partial charge in [0, 0.05) is 38.4 Å². The van der Waals surface area contributed by atoms with Crippen molar-refractivity contribution in [2.45, 2.75) is 32.2 Å². The Hall–Kier alpha value is -2.69. The Kier molecular flexibility index (Phi) is 6.36. The van der Waals surface area contributed by atoms with Crippen LogP contribution in [0.15, 0.2) is 54.9 Å². The minimum absolute atomic E-state index is 0.0300. The van der Waals surface area contributed by atoms with E-state index < -0.39 is 0 Å². The average molecular weight is 351 g/mol.